The first-order chi connectivity index (χ1) is 11.8. The Bertz CT molecular complexity index is 1120. The Kier molecular flexibility index (Phi) is 3.73. The van der Waals surface area contributed by atoms with Crippen LogP contribution < -0.4 is 0 Å². The lowest BCUT2D eigenvalue weighted by molar-refractivity contribution is 1.50. The Hall–Kier alpha value is -2.74. The molecule has 4 heteroatoms. The van der Waals surface area contributed by atoms with Crippen LogP contribution in [-0.2, 0) is 0 Å². The van der Waals surface area contributed by atoms with Gasteiger partial charge in [-0.15, -0.1) is 0 Å². The van der Waals surface area contributed by atoms with Gasteiger partial charge in [-0.25, -0.2) is 0 Å². The van der Waals surface area contributed by atoms with Crippen molar-refractivity contribution in [1.29, 1.82) is 0 Å². The van der Waals surface area contributed by atoms with Gasteiger partial charge in [0, 0.05) is 0 Å². The van der Waals surface area contributed by atoms with Gasteiger partial charge in [0.05, 0.1) is 10.3 Å². The summed E-state index contributed by atoms with van der Waals surface area (Å²) in [5.74, 6) is 0. The minimum Gasteiger partial charge on any atom is -0.192 e. The van der Waals surface area contributed by atoms with Crippen LogP contribution in [0.5, 0.6) is 0 Å². The zero-order chi connectivity index (χ0) is 16.5. The molecule has 0 aromatic heterocycles. The molecule has 0 saturated heterocycles. The van der Waals surface area contributed by atoms with E-state index in [2.05, 4.69) is 68.8 Å². The number of isothiocyanates is 2. The molecule has 4 rings (SSSR count). The normalized spacial score (nSPS) is 10.5. The van der Waals surface area contributed by atoms with Gasteiger partial charge in [-0.1, -0.05) is 24.3 Å². The lowest BCUT2D eigenvalue weighted by Gasteiger charge is -2.07. The number of thiocarbonyl (C=S) groups is 2. The van der Waals surface area contributed by atoms with Crippen molar-refractivity contribution in [1.82, 2.24) is 0 Å². The molecule has 2 nitrogen and oxygen atoms in total. The summed E-state index contributed by atoms with van der Waals surface area (Å²) in [6.07, 6.45) is 0. The third kappa shape index (κ3) is 2.54. The maximum atomic E-state index is 4.73. The van der Waals surface area contributed by atoms with Crippen molar-refractivity contribution in [3.63, 3.8) is 0 Å². The van der Waals surface area contributed by atoms with Crippen LogP contribution in [-0.4, -0.2) is 10.3 Å². The van der Waals surface area contributed by atoms with Gasteiger partial charge in [0.15, 0.2) is 0 Å². The number of fused-ring (bicyclic) bond motifs is 3. The molecule has 0 unspecified atom stereocenters. The van der Waals surface area contributed by atoms with Crippen molar-refractivity contribution < 1.29 is 0 Å². The largest absolute Gasteiger partial charge is 0.192 e. The molecule has 0 heterocycles. The van der Waals surface area contributed by atoms with Crippen molar-refractivity contribution in [2.24, 2.45) is 9.98 Å². The van der Waals surface area contributed by atoms with Gasteiger partial charge >= 0.3 is 0 Å². The smallest absolute Gasteiger partial charge is 0.101 e. The predicted molar refractivity (Wildman–Crippen MR) is 108 cm³/mol. The van der Waals surface area contributed by atoms with E-state index in [1.54, 1.807) is 0 Å². The first-order valence-electron chi connectivity index (χ1n) is 7.34. The van der Waals surface area contributed by atoms with E-state index >= 15 is 0 Å². The third-order valence-corrected chi connectivity index (χ3v) is 4.27. The van der Waals surface area contributed by atoms with Crippen LogP contribution in [0.1, 0.15) is 0 Å². The van der Waals surface area contributed by atoms with Gasteiger partial charge in [-0.2, -0.15) is 9.98 Å². The maximum Gasteiger partial charge on any atom is 0.101 e. The number of rotatable bonds is 2. The van der Waals surface area contributed by atoms with Gasteiger partial charge < -0.3 is 0 Å². The number of benzene rings is 4. The topological polar surface area (TPSA) is 24.7 Å². The first-order valence-corrected chi connectivity index (χ1v) is 8.16. The first kappa shape index (κ1) is 14.8. The quantitative estimate of drug-likeness (QED) is 0.232. The van der Waals surface area contributed by atoms with Gasteiger partial charge in [0.25, 0.3) is 0 Å². The Morgan fingerprint density at radius 3 is 1.33 bits per heavy atom. The highest BCUT2D eigenvalue weighted by molar-refractivity contribution is 7.78. The summed E-state index contributed by atoms with van der Waals surface area (Å²) >= 11 is 9.45. The molecule has 0 spiro atoms. The lowest BCUT2D eigenvalue weighted by atomic mass is 9.99. The van der Waals surface area contributed by atoms with Crippen molar-refractivity contribution in [3.8, 4) is 0 Å². The Labute approximate surface area is 149 Å². The second kappa shape index (κ2) is 6.04. The molecule has 4 aromatic carbocycles. The standard InChI is InChI=1S/C20H10N2S2/c23-11-21-19-9-17-7-15-5-13-3-1-2-4-14(13)6-16(15)8-18(17)10-20(19)22-12-24/h1-10H. The summed E-state index contributed by atoms with van der Waals surface area (Å²) in [6.45, 7) is 0. The van der Waals surface area contributed by atoms with E-state index in [0.29, 0.717) is 11.4 Å². The third-order valence-electron chi connectivity index (χ3n) is 4.09. The highest BCUT2D eigenvalue weighted by Crippen LogP contribution is 2.35. The maximum absolute atomic E-state index is 4.73. The van der Waals surface area contributed by atoms with E-state index in [-0.39, 0.29) is 0 Å². The lowest BCUT2D eigenvalue weighted by Crippen LogP contribution is -1.80. The molecule has 0 aliphatic rings. The predicted octanol–water partition coefficient (Wildman–Crippen LogP) is 6.61. The van der Waals surface area contributed by atoms with Crippen LogP contribution in [0.2, 0.25) is 0 Å². The highest BCUT2D eigenvalue weighted by Gasteiger charge is 2.06. The van der Waals surface area contributed by atoms with Crippen molar-refractivity contribution in [2.75, 3.05) is 0 Å². The van der Waals surface area contributed by atoms with Gasteiger partial charge in [0.1, 0.15) is 11.4 Å². The summed E-state index contributed by atoms with van der Waals surface area (Å²) in [7, 11) is 0. The molecule has 0 atom stereocenters. The Balaban J connectivity index is 2.09. The number of hydrogen-bond donors (Lipinski definition) is 0. The molecular formula is C20H10N2S2. The molecule has 24 heavy (non-hydrogen) atoms. The van der Waals surface area contributed by atoms with Crippen molar-refractivity contribution >= 4 is 78.5 Å². The number of nitrogens with zero attached hydrogens (tertiary/aromatic N) is 2. The van der Waals surface area contributed by atoms with E-state index in [1.807, 2.05) is 12.1 Å². The van der Waals surface area contributed by atoms with Gasteiger partial charge in [0.2, 0.25) is 0 Å². The molecule has 4 aromatic rings. The Morgan fingerprint density at radius 1 is 0.542 bits per heavy atom. The van der Waals surface area contributed by atoms with Gasteiger partial charge in [-0.3, -0.25) is 0 Å². The molecule has 0 aliphatic carbocycles. The van der Waals surface area contributed by atoms with Crippen molar-refractivity contribution in [2.45, 2.75) is 0 Å². The average molecular weight is 342 g/mol. The molecule has 0 amide bonds. The molecule has 0 N–H and O–H groups in total. The van der Waals surface area contributed by atoms with E-state index in [4.69, 9.17) is 24.4 Å². The number of aliphatic imine (C=N–C) groups is 2. The van der Waals surface area contributed by atoms with Crippen LogP contribution in [0.4, 0.5) is 11.4 Å². The van der Waals surface area contributed by atoms with Gasteiger partial charge in [-0.05, 0) is 93.2 Å². The summed E-state index contributed by atoms with van der Waals surface area (Å²) in [5.41, 5.74) is 1.30. The molecule has 0 radical (unpaired) electrons. The number of hydrogen-bond acceptors (Lipinski definition) is 4. The Morgan fingerprint density at radius 2 is 0.917 bits per heavy atom. The van der Waals surface area contributed by atoms with E-state index < -0.39 is 0 Å². The highest BCUT2D eigenvalue weighted by atomic mass is 32.1. The molecule has 0 fully saturated rings. The minimum absolute atomic E-state index is 0.648. The summed E-state index contributed by atoms with van der Waals surface area (Å²) in [4.78, 5) is 8.18. The fourth-order valence-corrected chi connectivity index (χ4v) is 3.19. The summed E-state index contributed by atoms with van der Waals surface area (Å²) < 4.78 is 0. The molecule has 112 valence electrons. The SMILES string of the molecule is S=C=Nc1cc2cc3cc4ccccc4cc3cc2cc1N=C=S. The van der Waals surface area contributed by atoms with E-state index in [0.717, 1.165) is 10.8 Å². The second-order valence-electron chi connectivity index (χ2n) is 5.49. The van der Waals surface area contributed by atoms with Crippen LogP contribution in [0, 0.1) is 0 Å². The van der Waals surface area contributed by atoms with Crippen LogP contribution >= 0.6 is 24.4 Å². The zero-order valence-electron chi connectivity index (χ0n) is 12.5. The average Bonchev–Trinajstić information content (AvgIpc) is 2.59. The summed E-state index contributed by atoms with van der Waals surface area (Å²) in [5, 5.41) is 11.8. The van der Waals surface area contributed by atoms with Crippen molar-refractivity contribution in [3.05, 3.63) is 60.7 Å². The van der Waals surface area contributed by atoms with E-state index in [9.17, 15) is 0 Å². The monoisotopic (exact) mass is 342 g/mol. The summed E-state index contributed by atoms with van der Waals surface area (Å²) in [6, 6.07) is 21.0. The fraction of sp³-hybridized carbons (Fsp3) is 0. The molecular weight excluding hydrogens is 332 g/mol. The molecule has 0 saturated carbocycles. The zero-order valence-corrected chi connectivity index (χ0v) is 14.1. The molecule has 0 aliphatic heterocycles. The minimum atomic E-state index is 0.648. The fourth-order valence-electron chi connectivity index (χ4n) is 3.00. The second-order valence-corrected chi connectivity index (χ2v) is 5.86. The van der Waals surface area contributed by atoms with Crippen LogP contribution in [0.3, 0.4) is 0 Å². The van der Waals surface area contributed by atoms with Crippen LogP contribution in [0.15, 0.2) is 70.6 Å². The molecule has 0 bridgehead atoms. The van der Waals surface area contributed by atoms with E-state index in [1.165, 1.54) is 21.5 Å². The van der Waals surface area contributed by atoms with Crippen LogP contribution in [0.25, 0.3) is 32.3 Å².